The third-order valence-corrected chi connectivity index (χ3v) is 15.2. The Kier molecular flexibility index (Phi) is 10.3. The molecule has 0 unspecified atom stereocenters. The van der Waals surface area contributed by atoms with Gasteiger partial charge in [-0.15, -0.1) is 0 Å². The Morgan fingerprint density at radius 2 is 0.380 bits per heavy atom. The molecule has 0 aliphatic heterocycles. The van der Waals surface area contributed by atoms with Crippen LogP contribution in [0, 0.1) is 0 Å². The average Bonchev–Trinajstić information content (AvgIpc) is 3.67. The lowest BCUT2D eigenvalue weighted by Gasteiger charge is -2.22. The number of fused-ring (bicyclic) bond motifs is 5. The number of hydrogen-bond acceptors (Lipinski definition) is 0. The van der Waals surface area contributed by atoms with Gasteiger partial charge in [-0.25, -0.2) is 0 Å². The van der Waals surface area contributed by atoms with E-state index < -0.39 is 0 Å². The molecule has 0 atom stereocenters. The lowest BCUT2D eigenvalue weighted by molar-refractivity contribution is 0.661. The Morgan fingerprint density at radius 1 is 0.183 bits per heavy atom. The lowest BCUT2D eigenvalue weighted by Crippen LogP contribution is -2.15. The first-order chi connectivity index (χ1) is 34.9. The standard InChI is InChI=1S/C71H50/c1-71(2)69-45-65(59-31-23-55(24-32-59)51-15-11-49(12-16-51)53-19-27-57(28-20-53)63-37-35-47-7-3-5-9-61(47)43-63)39-41-67(69)68-42-40-66(46-70(68)71)60-33-25-56(26-34-60)52-17-13-50(14-18-52)54-21-29-58(30-22-54)64-38-36-48-8-4-6-10-62(48)44-64/h3-46H,1-2H3. The predicted octanol–water partition coefficient (Wildman–Crippen LogP) is 19.6. The molecule has 0 saturated carbocycles. The van der Waals surface area contributed by atoms with Crippen molar-refractivity contribution in [3.63, 3.8) is 0 Å². The van der Waals surface area contributed by atoms with E-state index in [1.54, 1.807) is 0 Å². The molecule has 0 aromatic heterocycles. The Labute approximate surface area is 416 Å². The van der Waals surface area contributed by atoms with Gasteiger partial charge in [0.25, 0.3) is 0 Å². The molecule has 0 bridgehead atoms. The fourth-order valence-electron chi connectivity index (χ4n) is 11.0. The van der Waals surface area contributed by atoms with Crippen LogP contribution in [0.1, 0.15) is 25.0 Å². The van der Waals surface area contributed by atoms with Gasteiger partial charge in [-0.1, -0.05) is 257 Å². The van der Waals surface area contributed by atoms with Crippen LogP contribution in [-0.4, -0.2) is 0 Å². The van der Waals surface area contributed by atoms with Crippen LogP contribution < -0.4 is 0 Å². The third-order valence-electron chi connectivity index (χ3n) is 15.2. The summed E-state index contributed by atoms with van der Waals surface area (Å²) in [4.78, 5) is 0. The van der Waals surface area contributed by atoms with Crippen LogP contribution in [-0.2, 0) is 5.41 Å². The summed E-state index contributed by atoms with van der Waals surface area (Å²) in [6.07, 6.45) is 0. The Hall–Kier alpha value is -8.84. The van der Waals surface area contributed by atoms with Crippen molar-refractivity contribution in [2.45, 2.75) is 19.3 Å². The average molecular weight is 903 g/mol. The summed E-state index contributed by atoms with van der Waals surface area (Å²) < 4.78 is 0. The summed E-state index contributed by atoms with van der Waals surface area (Å²) in [6, 6.07) is 98.5. The Balaban J connectivity index is 0.674. The first-order valence-electron chi connectivity index (χ1n) is 24.8. The van der Waals surface area contributed by atoms with E-state index in [-0.39, 0.29) is 5.41 Å². The SMILES string of the molecule is CC1(C)c2cc(-c3ccc(-c4ccc(-c5ccc(-c6ccc7ccccc7c6)cc5)cc4)cc3)ccc2-c2ccc(-c3ccc(-c4ccc(-c5ccc(-c6ccc7ccccc7c6)cc5)cc4)cc3)cc21. The first kappa shape index (κ1) is 42.3. The maximum Gasteiger partial charge on any atom is 0.0159 e. The Morgan fingerprint density at radius 3 is 0.648 bits per heavy atom. The molecule has 334 valence electrons. The van der Waals surface area contributed by atoms with Crippen molar-refractivity contribution >= 4 is 21.5 Å². The van der Waals surface area contributed by atoms with E-state index in [1.807, 2.05) is 0 Å². The molecule has 1 aliphatic rings. The summed E-state index contributed by atoms with van der Waals surface area (Å²) in [6.45, 7) is 4.76. The van der Waals surface area contributed by atoms with Crippen LogP contribution in [0.3, 0.4) is 0 Å². The fraction of sp³-hybridized carbons (Fsp3) is 0.0423. The molecule has 12 aromatic carbocycles. The van der Waals surface area contributed by atoms with E-state index in [9.17, 15) is 0 Å². The number of benzene rings is 12. The van der Waals surface area contributed by atoms with Gasteiger partial charge in [-0.05, 0) is 157 Å². The molecule has 0 heteroatoms. The molecule has 0 spiro atoms. The van der Waals surface area contributed by atoms with Crippen molar-refractivity contribution in [3.05, 3.63) is 278 Å². The molecule has 71 heavy (non-hydrogen) atoms. The molecule has 12 aromatic rings. The van der Waals surface area contributed by atoms with Crippen LogP contribution in [0.5, 0.6) is 0 Å². The minimum Gasteiger partial charge on any atom is -0.0616 e. The molecule has 13 rings (SSSR count). The zero-order valence-corrected chi connectivity index (χ0v) is 39.9. The first-order valence-corrected chi connectivity index (χ1v) is 24.8. The molecular formula is C71H50. The maximum absolute atomic E-state index is 2.42. The maximum atomic E-state index is 2.42. The van der Waals surface area contributed by atoms with Crippen LogP contribution in [0.2, 0.25) is 0 Å². The van der Waals surface area contributed by atoms with Gasteiger partial charge >= 0.3 is 0 Å². The second-order valence-corrected chi connectivity index (χ2v) is 19.7. The third kappa shape index (κ3) is 7.85. The minimum atomic E-state index is -0.131. The van der Waals surface area contributed by atoms with E-state index in [4.69, 9.17) is 0 Å². The minimum absolute atomic E-state index is 0.131. The van der Waals surface area contributed by atoms with Crippen LogP contribution in [0.15, 0.2) is 267 Å². The molecule has 0 N–H and O–H groups in total. The van der Waals surface area contributed by atoms with Gasteiger partial charge in [0.1, 0.15) is 0 Å². The summed E-state index contributed by atoms with van der Waals surface area (Å²) in [5.41, 5.74) is 24.9. The predicted molar refractivity (Wildman–Crippen MR) is 303 cm³/mol. The van der Waals surface area contributed by atoms with Gasteiger partial charge in [0.15, 0.2) is 0 Å². The van der Waals surface area contributed by atoms with E-state index in [0.29, 0.717) is 0 Å². The highest BCUT2D eigenvalue weighted by molar-refractivity contribution is 5.90. The highest BCUT2D eigenvalue weighted by atomic mass is 14.4. The largest absolute Gasteiger partial charge is 0.0616 e. The monoisotopic (exact) mass is 902 g/mol. The number of rotatable bonds is 8. The van der Waals surface area contributed by atoms with Crippen molar-refractivity contribution in [2.24, 2.45) is 0 Å². The highest BCUT2D eigenvalue weighted by Crippen LogP contribution is 2.51. The molecule has 1 aliphatic carbocycles. The molecule has 0 amide bonds. The topological polar surface area (TPSA) is 0 Å². The normalized spacial score (nSPS) is 12.5. The second kappa shape index (κ2) is 17.3. The van der Waals surface area contributed by atoms with Gasteiger partial charge in [0.2, 0.25) is 0 Å². The summed E-state index contributed by atoms with van der Waals surface area (Å²) >= 11 is 0. The smallest absolute Gasteiger partial charge is 0.0159 e. The number of hydrogen-bond donors (Lipinski definition) is 0. The molecule has 0 nitrogen and oxygen atoms in total. The van der Waals surface area contributed by atoms with Crippen molar-refractivity contribution in [1.29, 1.82) is 0 Å². The summed E-state index contributed by atoms with van der Waals surface area (Å²) in [7, 11) is 0. The van der Waals surface area contributed by atoms with Crippen LogP contribution in [0.25, 0.3) is 122 Å². The molecule has 0 radical (unpaired) electrons. The van der Waals surface area contributed by atoms with E-state index in [0.717, 1.165) is 0 Å². The van der Waals surface area contributed by atoms with E-state index in [1.165, 1.54) is 133 Å². The van der Waals surface area contributed by atoms with Gasteiger partial charge in [-0.2, -0.15) is 0 Å². The van der Waals surface area contributed by atoms with E-state index in [2.05, 4.69) is 281 Å². The lowest BCUT2D eigenvalue weighted by atomic mass is 9.80. The van der Waals surface area contributed by atoms with Crippen molar-refractivity contribution < 1.29 is 0 Å². The zero-order chi connectivity index (χ0) is 47.5. The van der Waals surface area contributed by atoms with Gasteiger partial charge in [-0.3, -0.25) is 0 Å². The van der Waals surface area contributed by atoms with Crippen LogP contribution >= 0.6 is 0 Å². The second-order valence-electron chi connectivity index (χ2n) is 19.7. The zero-order valence-electron chi connectivity index (χ0n) is 39.9. The molecule has 0 fully saturated rings. The Bertz CT molecular complexity index is 3670. The quantitative estimate of drug-likeness (QED) is 0.143. The van der Waals surface area contributed by atoms with Crippen LogP contribution in [0.4, 0.5) is 0 Å². The van der Waals surface area contributed by atoms with Gasteiger partial charge in [0.05, 0.1) is 0 Å². The summed E-state index contributed by atoms with van der Waals surface area (Å²) in [5, 5.41) is 5.07. The molecule has 0 saturated heterocycles. The molecular weight excluding hydrogens is 853 g/mol. The van der Waals surface area contributed by atoms with Crippen molar-refractivity contribution in [1.82, 2.24) is 0 Å². The van der Waals surface area contributed by atoms with Crippen molar-refractivity contribution in [2.75, 3.05) is 0 Å². The van der Waals surface area contributed by atoms with Gasteiger partial charge in [0, 0.05) is 5.41 Å². The summed E-state index contributed by atoms with van der Waals surface area (Å²) in [5.74, 6) is 0. The molecule has 0 heterocycles. The van der Waals surface area contributed by atoms with Crippen molar-refractivity contribution in [3.8, 4) is 100 Å². The fourth-order valence-corrected chi connectivity index (χ4v) is 11.0. The van der Waals surface area contributed by atoms with E-state index >= 15 is 0 Å². The van der Waals surface area contributed by atoms with Gasteiger partial charge < -0.3 is 0 Å². The highest BCUT2D eigenvalue weighted by Gasteiger charge is 2.36.